The molecule has 1 aromatic carbocycles. The molecular formula is C10H11NO3. The highest BCUT2D eigenvalue weighted by molar-refractivity contribution is 5.75. The Morgan fingerprint density at radius 1 is 1.50 bits per heavy atom. The molecule has 1 unspecified atom stereocenters. The fourth-order valence-corrected chi connectivity index (χ4v) is 1.57. The highest BCUT2D eigenvalue weighted by atomic mass is 16.7. The molecule has 0 aromatic heterocycles. The average Bonchev–Trinajstić information content (AvgIpc) is 2.27. The van der Waals surface area contributed by atoms with Crippen molar-refractivity contribution >= 4 is 5.97 Å². The Morgan fingerprint density at radius 3 is 3.07 bits per heavy atom. The number of ether oxygens (including phenoxy) is 1. The summed E-state index contributed by atoms with van der Waals surface area (Å²) in [5.74, 6) is 5.02. The van der Waals surface area contributed by atoms with Crippen molar-refractivity contribution in [2.75, 3.05) is 0 Å². The summed E-state index contributed by atoms with van der Waals surface area (Å²) < 4.78 is 5.43. The maximum Gasteiger partial charge on any atom is 0.365 e. The minimum atomic E-state index is -0.560. The van der Waals surface area contributed by atoms with Crippen molar-refractivity contribution in [2.45, 2.75) is 18.9 Å². The summed E-state index contributed by atoms with van der Waals surface area (Å²) in [5.41, 5.74) is 1.12. The Kier molecular flexibility index (Phi) is 2.37. The molecule has 0 saturated carbocycles. The van der Waals surface area contributed by atoms with Gasteiger partial charge < -0.3 is 9.57 Å². The maximum absolute atomic E-state index is 11.1. The normalized spacial score (nSPS) is 19.4. The summed E-state index contributed by atoms with van der Waals surface area (Å²) in [6.07, 6.45) is 0.873. The predicted molar refractivity (Wildman–Crippen MR) is 49.5 cm³/mol. The highest BCUT2D eigenvalue weighted by Crippen LogP contribution is 2.27. The molecule has 1 heterocycles. The van der Waals surface area contributed by atoms with Gasteiger partial charge in [0, 0.05) is 0 Å². The molecule has 1 atom stereocenters. The first kappa shape index (κ1) is 9.02. The number of aryl methyl sites for hydroxylation is 1. The number of rotatable bonds is 1. The third-order valence-corrected chi connectivity index (χ3v) is 2.30. The van der Waals surface area contributed by atoms with E-state index in [-0.39, 0.29) is 0 Å². The van der Waals surface area contributed by atoms with E-state index in [0.717, 1.165) is 17.7 Å². The van der Waals surface area contributed by atoms with Crippen LogP contribution in [-0.4, -0.2) is 12.1 Å². The topological polar surface area (TPSA) is 61.5 Å². The highest BCUT2D eigenvalue weighted by Gasteiger charge is 2.26. The third-order valence-electron chi connectivity index (χ3n) is 2.30. The maximum atomic E-state index is 11.1. The summed E-state index contributed by atoms with van der Waals surface area (Å²) in [6, 6.07) is 7.64. The first-order valence-electron chi connectivity index (χ1n) is 4.46. The molecule has 0 aliphatic carbocycles. The number of benzene rings is 1. The molecule has 1 aliphatic rings. The van der Waals surface area contributed by atoms with Crippen LogP contribution in [0.5, 0.6) is 5.75 Å². The first-order chi connectivity index (χ1) is 6.81. The monoisotopic (exact) mass is 193 g/mol. The van der Waals surface area contributed by atoms with Gasteiger partial charge in [-0.25, -0.2) is 4.79 Å². The zero-order chi connectivity index (χ0) is 9.97. The van der Waals surface area contributed by atoms with E-state index in [1.807, 2.05) is 24.3 Å². The molecule has 0 fully saturated rings. The Morgan fingerprint density at radius 2 is 2.29 bits per heavy atom. The Bertz CT molecular complexity index is 351. The second-order valence-electron chi connectivity index (χ2n) is 3.19. The van der Waals surface area contributed by atoms with E-state index in [9.17, 15) is 4.79 Å². The van der Waals surface area contributed by atoms with E-state index in [2.05, 4.69) is 4.84 Å². The zero-order valence-corrected chi connectivity index (χ0v) is 7.60. The molecule has 4 nitrogen and oxygen atoms in total. The molecule has 0 amide bonds. The lowest BCUT2D eigenvalue weighted by atomic mass is 10.0. The summed E-state index contributed by atoms with van der Waals surface area (Å²) in [6.45, 7) is 0. The average molecular weight is 193 g/mol. The molecule has 4 heteroatoms. The number of nitrogens with two attached hydrogens (primary N) is 1. The van der Waals surface area contributed by atoms with Crippen LogP contribution in [0.15, 0.2) is 24.3 Å². The lowest BCUT2D eigenvalue weighted by Gasteiger charge is -2.23. The molecule has 74 valence electrons. The Hall–Kier alpha value is -1.55. The minimum absolute atomic E-state index is 0.514. The fourth-order valence-electron chi connectivity index (χ4n) is 1.57. The minimum Gasteiger partial charge on any atom is -0.478 e. The van der Waals surface area contributed by atoms with Gasteiger partial charge in [-0.3, -0.25) is 0 Å². The first-order valence-corrected chi connectivity index (χ1v) is 4.46. The van der Waals surface area contributed by atoms with Crippen LogP contribution in [0.2, 0.25) is 0 Å². The van der Waals surface area contributed by atoms with Crippen LogP contribution in [0.4, 0.5) is 0 Å². The lowest BCUT2D eigenvalue weighted by Crippen LogP contribution is -2.34. The molecule has 0 radical (unpaired) electrons. The van der Waals surface area contributed by atoms with E-state index >= 15 is 0 Å². The predicted octanol–water partition coefficient (Wildman–Crippen LogP) is 0.797. The molecule has 0 spiro atoms. The molecule has 2 N–H and O–H groups in total. The van der Waals surface area contributed by atoms with E-state index in [1.165, 1.54) is 0 Å². The van der Waals surface area contributed by atoms with Gasteiger partial charge in [-0.05, 0) is 24.5 Å². The van der Waals surface area contributed by atoms with Crippen LogP contribution < -0.4 is 10.6 Å². The number of hydrogen-bond acceptors (Lipinski definition) is 4. The van der Waals surface area contributed by atoms with Crippen LogP contribution in [0, 0.1) is 0 Å². The van der Waals surface area contributed by atoms with E-state index in [1.54, 1.807) is 0 Å². The van der Waals surface area contributed by atoms with E-state index < -0.39 is 12.1 Å². The van der Waals surface area contributed by atoms with Gasteiger partial charge in [0.2, 0.25) is 0 Å². The van der Waals surface area contributed by atoms with Crippen molar-refractivity contribution in [2.24, 2.45) is 5.90 Å². The largest absolute Gasteiger partial charge is 0.478 e. The van der Waals surface area contributed by atoms with Crippen LogP contribution >= 0.6 is 0 Å². The third kappa shape index (κ3) is 1.56. The smallest absolute Gasteiger partial charge is 0.365 e. The summed E-state index contributed by atoms with van der Waals surface area (Å²) in [5, 5.41) is 0. The van der Waals surface area contributed by atoms with Crippen molar-refractivity contribution < 1.29 is 14.4 Å². The van der Waals surface area contributed by atoms with Gasteiger partial charge in [-0.2, -0.15) is 5.90 Å². The molecule has 0 bridgehead atoms. The quantitative estimate of drug-likeness (QED) is 0.670. The van der Waals surface area contributed by atoms with Crippen LogP contribution in [-0.2, 0) is 16.1 Å². The van der Waals surface area contributed by atoms with E-state index in [4.69, 9.17) is 10.6 Å². The Labute approximate surface area is 81.6 Å². The van der Waals surface area contributed by atoms with Gasteiger partial charge in [-0.15, -0.1) is 0 Å². The molecule has 1 aromatic rings. The fraction of sp³-hybridized carbons (Fsp3) is 0.300. The zero-order valence-electron chi connectivity index (χ0n) is 7.60. The second-order valence-corrected chi connectivity index (χ2v) is 3.19. The standard InChI is InChI=1S/C10H11NO3/c11-14-10(12)9-6-5-7-3-1-2-4-8(7)13-9/h1-4,9H,5-6,11H2. The van der Waals surface area contributed by atoms with E-state index in [0.29, 0.717) is 6.42 Å². The number of para-hydroxylation sites is 1. The number of carbonyl (C=O) groups is 1. The molecule has 1 aliphatic heterocycles. The van der Waals surface area contributed by atoms with Crippen LogP contribution in [0.25, 0.3) is 0 Å². The van der Waals surface area contributed by atoms with Gasteiger partial charge in [0.25, 0.3) is 0 Å². The second kappa shape index (κ2) is 3.67. The molecule has 2 rings (SSSR count). The molecule has 0 saturated heterocycles. The van der Waals surface area contributed by atoms with Gasteiger partial charge in [0.1, 0.15) is 5.75 Å². The van der Waals surface area contributed by atoms with Crippen molar-refractivity contribution in [3.05, 3.63) is 29.8 Å². The van der Waals surface area contributed by atoms with Gasteiger partial charge in [0.15, 0.2) is 6.10 Å². The summed E-state index contributed by atoms with van der Waals surface area (Å²) >= 11 is 0. The van der Waals surface area contributed by atoms with Gasteiger partial charge in [0.05, 0.1) is 0 Å². The Balaban J connectivity index is 2.17. The number of carbonyl (C=O) groups excluding carboxylic acids is 1. The van der Waals surface area contributed by atoms with Crippen molar-refractivity contribution in [3.63, 3.8) is 0 Å². The van der Waals surface area contributed by atoms with Crippen molar-refractivity contribution in [1.82, 2.24) is 0 Å². The van der Waals surface area contributed by atoms with Crippen molar-refractivity contribution in [3.8, 4) is 5.75 Å². The van der Waals surface area contributed by atoms with Crippen LogP contribution in [0.3, 0.4) is 0 Å². The van der Waals surface area contributed by atoms with Gasteiger partial charge in [-0.1, -0.05) is 18.2 Å². The molecule has 14 heavy (non-hydrogen) atoms. The SMILES string of the molecule is NOC(=O)C1CCc2ccccc2O1. The molecular weight excluding hydrogens is 182 g/mol. The lowest BCUT2D eigenvalue weighted by molar-refractivity contribution is -0.153. The van der Waals surface area contributed by atoms with Gasteiger partial charge >= 0.3 is 5.97 Å². The van der Waals surface area contributed by atoms with Crippen molar-refractivity contribution in [1.29, 1.82) is 0 Å². The number of fused-ring (bicyclic) bond motifs is 1. The number of hydrogen-bond donors (Lipinski definition) is 1. The van der Waals surface area contributed by atoms with Crippen LogP contribution in [0.1, 0.15) is 12.0 Å². The summed E-state index contributed by atoms with van der Waals surface area (Å²) in [7, 11) is 0. The summed E-state index contributed by atoms with van der Waals surface area (Å²) in [4.78, 5) is 15.2.